The fraction of sp³-hybridized carbons (Fsp3) is 0.375. The molecular formula is C16H14N2O6. The first-order valence-corrected chi connectivity index (χ1v) is 7.42. The molecule has 1 aromatic carbocycles. The number of esters is 2. The molecule has 1 aromatic rings. The molecule has 2 atom stereocenters. The molecule has 0 bridgehead atoms. The van der Waals surface area contributed by atoms with Gasteiger partial charge in [-0.3, -0.25) is 9.59 Å². The molecule has 0 spiro atoms. The standard InChI is InChI=1S/C16H14N2O6/c1-23-13(21)15-7-8-16(15,14(22)24-2)18(15)17-11(19)9-5-3-4-6-10(9)12(17)20/h3-6H,7-8H2,1-2H3. The lowest BCUT2D eigenvalue weighted by molar-refractivity contribution is -0.154. The molecule has 1 aliphatic carbocycles. The molecule has 3 aliphatic rings. The van der Waals surface area contributed by atoms with Crippen LogP contribution in [0.1, 0.15) is 33.6 Å². The summed E-state index contributed by atoms with van der Waals surface area (Å²) < 4.78 is 9.64. The Morgan fingerprint density at radius 1 is 0.917 bits per heavy atom. The zero-order chi connectivity index (χ0) is 17.3. The van der Waals surface area contributed by atoms with E-state index < -0.39 is 34.8 Å². The number of benzene rings is 1. The normalized spacial score (nSPS) is 32.6. The van der Waals surface area contributed by atoms with Crippen molar-refractivity contribution in [2.45, 2.75) is 23.9 Å². The summed E-state index contributed by atoms with van der Waals surface area (Å²) in [6.07, 6.45) is 0.615. The number of methoxy groups -OCH3 is 2. The van der Waals surface area contributed by atoms with E-state index in [1.54, 1.807) is 12.1 Å². The van der Waals surface area contributed by atoms with Gasteiger partial charge in [-0.1, -0.05) is 12.1 Å². The zero-order valence-electron chi connectivity index (χ0n) is 13.1. The van der Waals surface area contributed by atoms with Crippen LogP contribution in [0.2, 0.25) is 0 Å². The highest BCUT2D eigenvalue weighted by atomic mass is 16.5. The van der Waals surface area contributed by atoms with Crippen LogP contribution < -0.4 is 0 Å². The summed E-state index contributed by atoms with van der Waals surface area (Å²) in [4.78, 5) is 50.0. The first-order valence-electron chi connectivity index (χ1n) is 7.42. The maximum atomic E-state index is 12.7. The van der Waals surface area contributed by atoms with Crippen molar-refractivity contribution in [1.29, 1.82) is 0 Å². The number of rotatable bonds is 3. The van der Waals surface area contributed by atoms with E-state index in [2.05, 4.69) is 0 Å². The molecule has 2 amide bonds. The van der Waals surface area contributed by atoms with E-state index in [0.717, 1.165) is 5.01 Å². The number of amides is 2. The van der Waals surface area contributed by atoms with Crippen LogP contribution in [-0.4, -0.2) is 59.1 Å². The van der Waals surface area contributed by atoms with Crippen LogP contribution in [0.4, 0.5) is 0 Å². The first-order chi connectivity index (χ1) is 11.5. The van der Waals surface area contributed by atoms with Crippen molar-refractivity contribution < 1.29 is 28.7 Å². The van der Waals surface area contributed by atoms with Crippen LogP contribution in [0.5, 0.6) is 0 Å². The Bertz CT molecular complexity index is 756. The predicted molar refractivity (Wildman–Crippen MR) is 77.5 cm³/mol. The van der Waals surface area contributed by atoms with E-state index >= 15 is 0 Å². The second-order valence-electron chi connectivity index (χ2n) is 5.98. The minimum Gasteiger partial charge on any atom is -0.468 e. The topological polar surface area (TPSA) is 93.0 Å². The molecule has 2 fully saturated rings. The van der Waals surface area contributed by atoms with Crippen LogP contribution in [-0.2, 0) is 19.1 Å². The molecule has 2 heterocycles. The zero-order valence-corrected chi connectivity index (χ0v) is 13.1. The van der Waals surface area contributed by atoms with Gasteiger partial charge in [-0.15, -0.1) is 0 Å². The smallest absolute Gasteiger partial charge is 0.330 e. The van der Waals surface area contributed by atoms with E-state index in [4.69, 9.17) is 9.47 Å². The van der Waals surface area contributed by atoms with Gasteiger partial charge >= 0.3 is 11.9 Å². The molecule has 1 saturated heterocycles. The molecule has 4 rings (SSSR count). The Hall–Kier alpha value is -2.74. The van der Waals surface area contributed by atoms with Gasteiger partial charge < -0.3 is 9.47 Å². The van der Waals surface area contributed by atoms with Crippen molar-refractivity contribution in [1.82, 2.24) is 10.0 Å². The van der Waals surface area contributed by atoms with Gasteiger partial charge in [0.2, 0.25) is 0 Å². The largest absolute Gasteiger partial charge is 0.468 e. The average Bonchev–Trinajstić information content (AvgIpc) is 2.88. The average molecular weight is 330 g/mol. The summed E-state index contributed by atoms with van der Waals surface area (Å²) in [5.74, 6) is -2.43. The van der Waals surface area contributed by atoms with Gasteiger partial charge in [0.1, 0.15) is 0 Å². The summed E-state index contributed by atoms with van der Waals surface area (Å²) in [6, 6.07) is 6.38. The van der Waals surface area contributed by atoms with Crippen molar-refractivity contribution in [3.8, 4) is 0 Å². The molecule has 8 nitrogen and oxygen atoms in total. The molecule has 2 unspecified atom stereocenters. The Balaban J connectivity index is 1.80. The highest BCUT2D eigenvalue weighted by Crippen LogP contribution is 2.68. The predicted octanol–water partition coefficient (Wildman–Crippen LogP) is 0.131. The highest BCUT2D eigenvalue weighted by Gasteiger charge is 2.93. The minimum atomic E-state index is -1.35. The number of carbonyl (C=O) groups is 4. The molecule has 0 N–H and O–H groups in total. The third kappa shape index (κ3) is 1.30. The van der Waals surface area contributed by atoms with E-state index in [1.165, 1.54) is 31.4 Å². The van der Waals surface area contributed by atoms with Gasteiger partial charge in [0.15, 0.2) is 11.1 Å². The maximum absolute atomic E-state index is 12.7. The van der Waals surface area contributed by atoms with E-state index in [1.807, 2.05) is 0 Å². The van der Waals surface area contributed by atoms with Crippen LogP contribution in [0, 0.1) is 0 Å². The Morgan fingerprint density at radius 2 is 1.33 bits per heavy atom. The lowest BCUT2D eigenvalue weighted by Gasteiger charge is -2.26. The van der Waals surface area contributed by atoms with Crippen molar-refractivity contribution >= 4 is 23.8 Å². The molecule has 0 aromatic heterocycles. The third-order valence-corrected chi connectivity index (χ3v) is 5.22. The van der Waals surface area contributed by atoms with Crippen LogP contribution in [0.25, 0.3) is 0 Å². The number of ether oxygens (including phenoxy) is 2. The summed E-state index contributed by atoms with van der Waals surface area (Å²) in [6.45, 7) is 0. The third-order valence-electron chi connectivity index (χ3n) is 5.22. The molecular weight excluding hydrogens is 316 g/mol. The molecule has 0 radical (unpaired) electrons. The number of hydrogen-bond acceptors (Lipinski definition) is 7. The van der Waals surface area contributed by atoms with Crippen molar-refractivity contribution in [3.63, 3.8) is 0 Å². The van der Waals surface area contributed by atoms with E-state index in [9.17, 15) is 19.2 Å². The van der Waals surface area contributed by atoms with E-state index in [0.29, 0.717) is 12.8 Å². The monoisotopic (exact) mass is 330 g/mol. The SMILES string of the molecule is COC(=O)C12CCC1(C(=O)OC)N2N1C(=O)c2ccccc2C1=O. The van der Waals surface area contributed by atoms with Crippen LogP contribution in [0.15, 0.2) is 24.3 Å². The minimum absolute atomic E-state index is 0.244. The van der Waals surface area contributed by atoms with Gasteiger partial charge in [0, 0.05) is 0 Å². The summed E-state index contributed by atoms with van der Waals surface area (Å²) in [5.41, 5.74) is -2.20. The first kappa shape index (κ1) is 14.8. The van der Waals surface area contributed by atoms with Crippen LogP contribution >= 0.6 is 0 Å². The molecule has 124 valence electrons. The van der Waals surface area contributed by atoms with Crippen LogP contribution in [0.3, 0.4) is 0 Å². The Kier molecular flexibility index (Phi) is 2.73. The second-order valence-corrected chi connectivity index (χ2v) is 5.98. The van der Waals surface area contributed by atoms with Crippen molar-refractivity contribution in [2.75, 3.05) is 14.2 Å². The number of hydrogen-bond donors (Lipinski definition) is 0. The van der Waals surface area contributed by atoms with Gasteiger partial charge in [0.25, 0.3) is 11.8 Å². The van der Waals surface area contributed by atoms with Gasteiger partial charge in [0.05, 0.1) is 25.3 Å². The lowest BCUT2D eigenvalue weighted by atomic mass is 9.74. The Morgan fingerprint density at radius 3 is 1.67 bits per heavy atom. The molecule has 1 saturated carbocycles. The fourth-order valence-corrected chi connectivity index (χ4v) is 4.00. The molecule has 24 heavy (non-hydrogen) atoms. The summed E-state index contributed by atoms with van der Waals surface area (Å²) in [5, 5.41) is 2.12. The van der Waals surface area contributed by atoms with Gasteiger partial charge in [-0.05, 0) is 25.0 Å². The number of fused-ring (bicyclic) bond motifs is 2. The van der Waals surface area contributed by atoms with Crippen molar-refractivity contribution in [2.24, 2.45) is 0 Å². The number of hydrazine groups is 1. The second kappa shape index (κ2) is 4.41. The summed E-state index contributed by atoms with van der Waals surface area (Å²) in [7, 11) is 2.41. The van der Waals surface area contributed by atoms with Gasteiger partial charge in [-0.2, -0.15) is 10.0 Å². The number of imide groups is 1. The molecule has 2 aliphatic heterocycles. The lowest BCUT2D eigenvalue weighted by Crippen LogP contribution is -2.49. The fourth-order valence-electron chi connectivity index (χ4n) is 4.00. The number of carbonyl (C=O) groups excluding carboxylic acids is 4. The van der Waals surface area contributed by atoms with Crippen molar-refractivity contribution in [3.05, 3.63) is 35.4 Å². The molecule has 8 heteroatoms. The maximum Gasteiger partial charge on any atom is 0.330 e. The van der Waals surface area contributed by atoms with E-state index in [-0.39, 0.29) is 11.1 Å². The van der Waals surface area contributed by atoms with Gasteiger partial charge in [-0.25, -0.2) is 9.59 Å². The summed E-state index contributed by atoms with van der Waals surface area (Å²) >= 11 is 0. The highest BCUT2D eigenvalue weighted by molar-refractivity contribution is 6.22. The number of nitrogens with zero attached hydrogens (tertiary/aromatic N) is 2. The Labute approximate surface area is 136 Å². The quantitative estimate of drug-likeness (QED) is 0.442.